The molecule has 1 rings (SSSR count). The minimum absolute atomic E-state index is 0.00138. The van der Waals surface area contributed by atoms with Crippen LogP contribution >= 0.6 is 12.2 Å². The van der Waals surface area contributed by atoms with Crippen LogP contribution in [0.25, 0.3) is 0 Å². The zero-order chi connectivity index (χ0) is 16.5. The van der Waals surface area contributed by atoms with E-state index in [0.29, 0.717) is 24.3 Å². The molecular weight excluding hydrogens is 300 g/mol. The molecule has 1 heterocycles. The van der Waals surface area contributed by atoms with Crippen LogP contribution < -0.4 is 5.56 Å². The summed E-state index contributed by atoms with van der Waals surface area (Å²) >= 11 is 5.37. The molecule has 0 N–H and O–H groups in total. The molecule has 0 radical (unpaired) electrons. The van der Waals surface area contributed by atoms with E-state index in [0.717, 1.165) is 37.8 Å². The lowest BCUT2D eigenvalue weighted by Gasteiger charge is -2.12. The first-order chi connectivity index (χ1) is 10.5. The Bertz CT molecular complexity index is 604. The zero-order valence-electron chi connectivity index (χ0n) is 13.8. The Labute approximate surface area is 136 Å². The molecule has 0 atom stereocenters. The molecule has 0 saturated carbocycles. The Hall–Kier alpha value is -1.43. The van der Waals surface area contributed by atoms with Crippen molar-refractivity contribution in [2.75, 3.05) is 6.61 Å². The molecule has 0 bridgehead atoms. The van der Waals surface area contributed by atoms with Gasteiger partial charge in [0.05, 0.1) is 6.61 Å². The third-order valence-electron chi connectivity index (χ3n) is 3.57. The van der Waals surface area contributed by atoms with Gasteiger partial charge in [-0.2, -0.15) is 0 Å². The predicted octanol–water partition coefficient (Wildman–Crippen LogP) is 3.22. The van der Waals surface area contributed by atoms with Gasteiger partial charge in [-0.3, -0.25) is 14.2 Å². The molecule has 1 aromatic heterocycles. The second kappa shape index (κ2) is 9.56. The topological polar surface area (TPSA) is 53.2 Å². The SMILES string of the molecule is CCC(=O)OCCCCCCn1cc(C)c(=O)n(CC)c1=S. The summed E-state index contributed by atoms with van der Waals surface area (Å²) in [6.07, 6.45) is 6.25. The lowest BCUT2D eigenvalue weighted by molar-refractivity contribution is -0.143. The highest BCUT2D eigenvalue weighted by Gasteiger charge is 2.04. The maximum Gasteiger partial charge on any atom is 0.305 e. The molecule has 5 nitrogen and oxygen atoms in total. The number of hydrogen-bond donors (Lipinski definition) is 0. The van der Waals surface area contributed by atoms with Crippen molar-refractivity contribution in [1.29, 1.82) is 0 Å². The van der Waals surface area contributed by atoms with E-state index in [2.05, 4.69) is 0 Å². The summed E-state index contributed by atoms with van der Waals surface area (Å²) in [7, 11) is 0. The number of carbonyl (C=O) groups is 1. The van der Waals surface area contributed by atoms with Gasteiger partial charge in [0.1, 0.15) is 0 Å². The van der Waals surface area contributed by atoms with Gasteiger partial charge in [-0.25, -0.2) is 0 Å². The van der Waals surface area contributed by atoms with Crippen molar-refractivity contribution in [3.63, 3.8) is 0 Å². The predicted molar refractivity (Wildman–Crippen MR) is 89.7 cm³/mol. The molecule has 0 fully saturated rings. The quantitative estimate of drug-likeness (QED) is 0.397. The number of unbranched alkanes of at least 4 members (excludes halogenated alkanes) is 3. The van der Waals surface area contributed by atoms with Crippen molar-refractivity contribution in [2.24, 2.45) is 0 Å². The highest BCUT2D eigenvalue weighted by atomic mass is 32.1. The third kappa shape index (κ3) is 5.40. The van der Waals surface area contributed by atoms with Gasteiger partial charge in [0.25, 0.3) is 5.56 Å². The standard InChI is InChI=1S/C16H26N2O3S/c1-4-14(19)21-11-9-7-6-8-10-17-12-13(3)15(20)18(5-2)16(17)22/h12H,4-11H2,1-3H3. The van der Waals surface area contributed by atoms with Crippen LogP contribution in [0, 0.1) is 11.7 Å². The summed E-state index contributed by atoms with van der Waals surface area (Å²) in [5, 5.41) is 0. The van der Waals surface area contributed by atoms with E-state index in [1.54, 1.807) is 11.5 Å². The Morgan fingerprint density at radius 2 is 1.91 bits per heavy atom. The summed E-state index contributed by atoms with van der Waals surface area (Å²) < 4.78 is 9.24. The summed E-state index contributed by atoms with van der Waals surface area (Å²) in [5.41, 5.74) is 0.725. The smallest absolute Gasteiger partial charge is 0.305 e. The number of aromatic nitrogens is 2. The lowest BCUT2D eigenvalue weighted by Crippen LogP contribution is -2.26. The van der Waals surface area contributed by atoms with Crippen molar-refractivity contribution in [3.05, 3.63) is 26.9 Å². The zero-order valence-corrected chi connectivity index (χ0v) is 14.6. The average molecular weight is 326 g/mol. The van der Waals surface area contributed by atoms with E-state index in [9.17, 15) is 9.59 Å². The first-order valence-electron chi connectivity index (χ1n) is 7.97. The van der Waals surface area contributed by atoms with Crippen molar-refractivity contribution in [1.82, 2.24) is 9.13 Å². The molecule has 0 amide bonds. The minimum atomic E-state index is -0.136. The molecule has 0 aliphatic heterocycles. The summed E-state index contributed by atoms with van der Waals surface area (Å²) in [4.78, 5) is 22.9. The highest BCUT2D eigenvalue weighted by Crippen LogP contribution is 2.05. The molecule has 0 aliphatic carbocycles. The monoisotopic (exact) mass is 326 g/mol. The lowest BCUT2D eigenvalue weighted by atomic mass is 10.2. The second-order valence-corrected chi connectivity index (χ2v) is 5.69. The van der Waals surface area contributed by atoms with Gasteiger partial charge < -0.3 is 9.30 Å². The third-order valence-corrected chi connectivity index (χ3v) is 4.02. The van der Waals surface area contributed by atoms with E-state index in [1.807, 2.05) is 24.6 Å². The molecule has 1 aromatic rings. The van der Waals surface area contributed by atoms with Gasteiger partial charge in [0.2, 0.25) is 0 Å². The number of esters is 1. The molecule has 0 spiro atoms. The first-order valence-corrected chi connectivity index (χ1v) is 8.38. The van der Waals surface area contributed by atoms with Gasteiger partial charge >= 0.3 is 5.97 Å². The fraction of sp³-hybridized carbons (Fsp3) is 0.688. The minimum Gasteiger partial charge on any atom is -0.466 e. The fourth-order valence-corrected chi connectivity index (χ4v) is 2.62. The van der Waals surface area contributed by atoms with Gasteiger partial charge in [0, 0.05) is 31.3 Å². The number of nitrogens with zero attached hydrogens (tertiary/aromatic N) is 2. The van der Waals surface area contributed by atoms with Gasteiger partial charge in [-0.1, -0.05) is 13.3 Å². The Morgan fingerprint density at radius 1 is 1.23 bits per heavy atom. The van der Waals surface area contributed by atoms with Gasteiger partial charge in [-0.05, 0) is 45.3 Å². The summed E-state index contributed by atoms with van der Waals surface area (Å²) in [5.74, 6) is -0.136. The van der Waals surface area contributed by atoms with Crippen molar-refractivity contribution >= 4 is 18.2 Å². The largest absolute Gasteiger partial charge is 0.466 e. The van der Waals surface area contributed by atoms with E-state index < -0.39 is 0 Å². The van der Waals surface area contributed by atoms with Crippen molar-refractivity contribution < 1.29 is 9.53 Å². The van der Waals surface area contributed by atoms with Crippen LogP contribution in [-0.2, 0) is 22.6 Å². The normalized spacial score (nSPS) is 10.7. The Morgan fingerprint density at radius 3 is 2.55 bits per heavy atom. The molecule has 124 valence electrons. The van der Waals surface area contributed by atoms with Crippen LogP contribution in [-0.4, -0.2) is 21.7 Å². The van der Waals surface area contributed by atoms with Gasteiger partial charge in [-0.15, -0.1) is 0 Å². The summed E-state index contributed by atoms with van der Waals surface area (Å²) in [6, 6.07) is 0. The molecule has 0 unspecified atom stereocenters. The first kappa shape index (κ1) is 18.6. The van der Waals surface area contributed by atoms with Crippen LogP contribution in [0.5, 0.6) is 0 Å². The number of ether oxygens (including phenoxy) is 1. The van der Waals surface area contributed by atoms with Crippen molar-refractivity contribution in [3.8, 4) is 0 Å². The fourth-order valence-electron chi connectivity index (χ4n) is 2.26. The van der Waals surface area contributed by atoms with Gasteiger partial charge in [0.15, 0.2) is 4.77 Å². The van der Waals surface area contributed by atoms with Crippen LogP contribution in [0.15, 0.2) is 11.0 Å². The van der Waals surface area contributed by atoms with Crippen LogP contribution in [0.1, 0.15) is 51.5 Å². The molecular formula is C16H26N2O3S. The Balaban J connectivity index is 2.40. The number of hydrogen-bond acceptors (Lipinski definition) is 4. The van der Waals surface area contributed by atoms with Crippen molar-refractivity contribution in [2.45, 2.75) is 66.0 Å². The number of carbonyl (C=O) groups excluding carboxylic acids is 1. The number of aryl methyl sites for hydroxylation is 2. The van der Waals surface area contributed by atoms with Crippen LogP contribution in [0.4, 0.5) is 0 Å². The van der Waals surface area contributed by atoms with E-state index in [4.69, 9.17) is 17.0 Å². The average Bonchev–Trinajstić information content (AvgIpc) is 2.51. The van der Waals surface area contributed by atoms with Crippen LogP contribution in [0.3, 0.4) is 0 Å². The van der Waals surface area contributed by atoms with E-state index >= 15 is 0 Å². The highest BCUT2D eigenvalue weighted by molar-refractivity contribution is 7.71. The molecule has 0 aromatic carbocycles. The summed E-state index contributed by atoms with van der Waals surface area (Å²) in [6.45, 7) is 7.47. The maximum absolute atomic E-state index is 11.9. The maximum atomic E-state index is 11.9. The van der Waals surface area contributed by atoms with Crippen LogP contribution in [0.2, 0.25) is 0 Å². The second-order valence-electron chi connectivity index (χ2n) is 5.33. The number of rotatable bonds is 9. The Kier molecular flexibility index (Phi) is 8.09. The molecule has 0 aliphatic rings. The molecule has 6 heteroatoms. The van der Waals surface area contributed by atoms with E-state index in [-0.39, 0.29) is 11.5 Å². The molecule has 22 heavy (non-hydrogen) atoms. The molecule has 0 saturated heterocycles. The van der Waals surface area contributed by atoms with E-state index in [1.165, 1.54) is 0 Å².